The van der Waals surface area contributed by atoms with E-state index in [2.05, 4.69) is 11.3 Å². The van der Waals surface area contributed by atoms with Crippen LogP contribution in [0.2, 0.25) is 0 Å². The normalized spacial score (nSPS) is 28.7. The van der Waals surface area contributed by atoms with E-state index < -0.39 is 47.9 Å². The minimum Gasteiger partial charge on any atom is -0.459 e. The number of esters is 1. The largest absolute Gasteiger partial charge is 0.459 e. The summed E-state index contributed by atoms with van der Waals surface area (Å²) in [6, 6.07) is 0. The van der Waals surface area contributed by atoms with Crippen LogP contribution in [0.1, 0.15) is 0 Å². The molecule has 23 heavy (non-hydrogen) atoms. The SMILES string of the molecule is C=CC(=O)OCC1(F)C(F)(F)C(F)(F)C(F)(F)C(F)(F)C1(F)F. The fourth-order valence-electron chi connectivity index (χ4n) is 1.70. The summed E-state index contributed by atoms with van der Waals surface area (Å²) in [5, 5.41) is 0. The highest BCUT2D eigenvalue weighted by Crippen LogP contribution is 2.69. The number of ether oxygens (including phenoxy) is 1. The van der Waals surface area contributed by atoms with Crippen LogP contribution < -0.4 is 0 Å². The number of hydrogen-bond acceptors (Lipinski definition) is 2. The Balaban J connectivity index is 3.61. The molecule has 0 N–H and O–H groups in total. The van der Waals surface area contributed by atoms with E-state index in [1.165, 1.54) is 0 Å². The Bertz CT molecular complexity index is 495. The zero-order chi connectivity index (χ0) is 18.7. The fraction of sp³-hybridized carbons (Fsp3) is 0.700. The highest BCUT2D eigenvalue weighted by Gasteiger charge is 3.01. The molecule has 134 valence electrons. The Morgan fingerprint density at radius 1 is 0.739 bits per heavy atom. The van der Waals surface area contributed by atoms with Gasteiger partial charge < -0.3 is 4.74 Å². The third-order valence-corrected chi connectivity index (χ3v) is 3.15. The van der Waals surface area contributed by atoms with Crippen molar-refractivity contribution in [3.63, 3.8) is 0 Å². The van der Waals surface area contributed by atoms with Gasteiger partial charge in [-0.1, -0.05) is 6.58 Å². The molecule has 2 nitrogen and oxygen atoms in total. The summed E-state index contributed by atoms with van der Waals surface area (Å²) >= 11 is 0. The molecule has 1 aliphatic rings. The molecule has 1 fully saturated rings. The van der Waals surface area contributed by atoms with E-state index in [1.54, 1.807) is 0 Å². The maximum atomic E-state index is 13.9. The van der Waals surface area contributed by atoms with Gasteiger partial charge in [0.2, 0.25) is 0 Å². The number of hydrogen-bond donors (Lipinski definition) is 0. The van der Waals surface area contributed by atoms with Crippen LogP contribution in [0, 0.1) is 0 Å². The lowest BCUT2D eigenvalue weighted by Crippen LogP contribution is -2.84. The van der Waals surface area contributed by atoms with E-state index in [1.807, 2.05) is 0 Å². The van der Waals surface area contributed by atoms with Crippen molar-refractivity contribution in [2.45, 2.75) is 35.3 Å². The number of alkyl halides is 11. The van der Waals surface area contributed by atoms with Gasteiger partial charge in [-0.15, -0.1) is 0 Å². The minimum absolute atomic E-state index is 0.0767. The predicted molar refractivity (Wildman–Crippen MR) is 49.7 cm³/mol. The van der Waals surface area contributed by atoms with Crippen LogP contribution >= 0.6 is 0 Å². The molecule has 1 aliphatic carbocycles. The maximum Gasteiger partial charge on any atom is 0.384 e. The lowest BCUT2D eigenvalue weighted by molar-refractivity contribution is -0.487. The Labute approximate surface area is 119 Å². The van der Waals surface area contributed by atoms with Crippen molar-refractivity contribution in [3.8, 4) is 0 Å². The third-order valence-electron chi connectivity index (χ3n) is 3.15. The molecule has 1 rings (SSSR count). The van der Waals surface area contributed by atoms with Gasteiger partial charge in [0.05, 0.1) is 0 Å². The molecule has 1 saturated carbocycles. The Hall–Kier alpha value is -1.56. The number of carbonyl (C=O) groups is 1. The van der Waals surface area contributed by atoms with E-state index in [9.17, 15) is 53.1 Å². The summed E-state index contributed by atoms with van der Waals surface area (Å²) in [5.41, 5.74) is -6.31. The second-order valence-electron chi connectivity index (χ2n) is 4.48. The van der Waals surface area contributed by atoms with Gasteiger partial charge in [-0.25, -0.2) is 9.18 Å². The molecule has 0 radical (unpaired) electrons. The minimum atomic E-state index is -7.29. The molecule has 0 heterocycles. The number of halogens is 11. The van der Waals surface area contributed by atoms with Crippen molar-refractivity contribution >= 4 is 5.97 Å². The predicted octanol–water partition coefficient (Wildman–Crippen LogP) is 3.61. The molecule has 0 saturated heterocycles. The zero-order valence-electron chi connectivity index (χ0n) is 10.5. The van der Waals surface area contributed by atoms with Gasteiger partial charge in [0.15, 0.2) is 0 Å². The summed E-state index contributed by atoms with van der Waals surface area (Å²) in [4.78, 5) is 10.5. The van der Waals surface area contributed by atoms with Crippen LogP contribution in [0.4, 0.5) is 48.3 Å². The van der Waals surface area contributed by atoms with Crippen LogP contribution in [-0.4, -0.2) is 47.9 Å². The highest BCUT2D eigenvalue weighted by molar-refractivity contribution is 5.81. The van der Waals surface area contributed by atoms with E-state index in [0.29, 0.717) is 0 Å². The topological polar surface area (TPSA) is 26.3 Å². The first kappa shape index (κ1) is 19.5. The molecule has 0 unspecified atom stereocenters. The third kappa shape index (κ3) is 1.90. The molecule has 0 aromatic carbocycles. The molecule has 0 aromatic heterocycles. The average Bonchev–Trinajstić information content (AvgIpc) is 2.41. The molecule has 0 bridgehead atoms. The summed E-state index contributed by atoms with van der Waals surface area (Å²) in [7, 11) is 0. The van der Waals surface area contributed by atoms with Gasteiger partial charge in [-0.2, -0.15) is 43.9 Å². The Morgan fingerprint density at radius 2 is 1.04 bits per heavy atom. The Morgan fingerprint density at radius 3 is 1.35 bits per heavy atom. The molecular formula is C10H5F11O2. The van der Waals surface area contributed by atoms with Crippen LogP contribution in [-0.2, 0) is 9.53 Å². The standard InChI is InChI=1S/C10H5F11O2/c1-2-4(22)23-3-5(11)6(12,13)8(16,17)10(20,21)9(18,19)7(5,14)15/h2H,1,3H2. The van der Waals surface area contributed by atoms with Gasteiger partial charge in [0, 0.05) is 6.08 Å². The van der Waals surface area contributed by atoms with Gasteiger partial charge in [-0.3, -0.25) is 0 Å². The van der Waals surface area contributed by atoms with Crippen molar-refractivity contribution in [2.75, 3.05) is 6.61 Å². The van der Waals surface area contributed by atoms with E-state index in [4.69, 9.17) is 0 Å². The quantitative estimate of drug-likeness (QED) is 0.433. The lowest BCUT2D eigenvalue weighted by atomic mass is 9.72. The van der Waals surface area contributed by atoms with Gasteiger partial charge >= 0.3 is 35.6 Å². The van der Waals surface area contributed by atoms with Crippen molar-refractivity contribution in [1.29, 1.82) is 0 Å². The van der Waals surface area contributed by atoms with Crippen LogP contribution in [0.15, 0.2) is 12.7 Å². The summed E-state index contributed by atoms with van der Waals surface area (Å²) in [5.74, 6) is -37.6. The second-order valence-corrected chi connectivity index (χ2v) is 4.48. The van der Waals surface area contributed by atoms with Crippen LogP contribution in [0.5, 0.6) is 0 Å². The van der Waals surface area contributed by atoms with Crippen LogP contribution in [0.25, 0.3) is 0 Å². The zero-order valence-corrected chi connectivity index (χ0v) is 10.5. The number of carbonyl (C=O) groups excluding carboxylic acids is 1. The second kappa shape index (κ2) is 4.72. The van der Waals surface area contributed by atoms with Crippen molar-refractivity contribution < 1.29 is 57.8 Å². The molecular weight excluding hydrogens is 361 g/mol. The Kier molecular flexibility index (Phi) is 4.00. The molecule has 0 spiro atoms. The molecule has 0 atom stereocenters. The highest BCUT2D eigenvalue weighted by atomic mass is 19.4. The van der Waals surface area contributed by atoms with E-state index >= 15 is 0 Å². The van der Waals surface area contributed by atoms with Gasteiger partial charge in [0.1, 0.15) is 6.61 Å². The van der Waals surface area contributed by atoms with E-state index in [0.717, 1.165) is 0 Å². The first-order chi connectivity index (χ1) is 9.95. The van der Waals surface area contributed by atoms with Crippen LogP contribution in [0.3, 0.4) is 0 Å². The van der Waals surface area contributed by atoms with Gasteiger partial charge in [0.25, 0.3) is 5.67 Å². The summed E-state index contributed by atoms with van der Waals surface area (Å²) < 4.78 is 148. The fourth-order valence-corrected chi connectivity index (χ4v) is 1.70. The summed E-state index contributed by atoms with van der Waals surface area (Å²) in [6.07, 6.45) is 0.0767. The van der Waals surface area contributed by atoms with Gasteiger partial charge in [-0.05, 0) is 0 Å². The van der Waals surface area contributed by atoms with Crippen molar-refractivity contribution in [1.82, 2.24) is 0 Å². The molecule has 0 amide bonds. The molecule has 0 aromatic rings. The molecule has 0 aliphatic heterocycles. The first-order valence-corrected chi connectivity index (χ1v) is 5.33. The maximum absolute atomic E-state index is 13.9. The summed E-state index contributed by atoms with van der Waals surface area (Å²) in [6.45, 7) is -0.431. The van der Waals surface area contributed by atoms with Crippen molar-refractivity contribution in [3.05, 3.63) is 12.7 Å². The van der Waals surface area contributed by atoms with E-state index in [-0.39, 0.29) is 6.08 Å². The smallest absolute Gasteiger partial charge is 0.384 e. The number of rotatable bonds is 3. The average molecular weight is 366 g/mol. The first-order valence-electron chi connectivity index (χ1n) is 5.33. The lowest BCUT2D eigenvalue weighted by Gasteiger charge is -2.52. The van der Waals surface area contributed by atoms with Crippen molar-refractivity contribution in [2.24, 2.45) is 0 Å². The monoisotopic (exact) mass is 366 g/mol. The molecule has 13 heteroatoms.